The van der Waals surface area contributed by atoms with Gasteiger partial charge in [0.05, 0.1) is 5.39 Å². The zero-order valence-electron chi connectivity index (χ0n) is 20.0. The molecule has 2 amide bonds. The van der Waals surface area contributed by atoms with Gasteiger partial charge in [-0.2, -0.15) is 5.10 Å². The highest BCUT2D eigenvalue weighted by Crippen LogP contribution is 2.16. The monoisotopic (exact) mass is 468 g/mol. The standard InChI is InChI=1S/C28H28N4O3/c1-18(2)17-32-28(35)24-10-5-4-9-23(24)25(31-32)27(34)29-16-20-7-6-8-22(15-20)30-26(33)21-13-11-19(3)12-14-21/h4-15,18H,16-17H2,1-3H3,(H,29,34)(H,30,33). The Morgan fingerprint density at radius 3 is 2.34 bits per heavy atom. The predicted molar refractivity (Wildman–Crippen MR) is 138 cm³/mol. The minimum atomic E-state index is -0.368. The van der Waals surface area contributed by atoms with Gasteiger partial charge in [-0.15, -0.1) is 0 Å². The number of rotatable bonds is 7. The van der Waals surface area contributed by atoms with Crippen LogP contribution in [0.5, 0.6) is 0 Å². The molecule has 0 spiro atoms. The van der Waals surface area contributed by atoms with Crippen LogP contribution in [0, 0.1) is 12.8 Å². The van der Waals surface area contributed by atoms with Gasteiger partial charge in [0.2, 0.25) is 0 Å². The summed E-state index contributed by atoms with van der Waals surface area (Å²) < 4.78 is 1.36. The molecule has 4 rings (SSSR count). The highest BCUT2D eigenvalue weighted by Gasteiger charge is 2.17. The van der Waals surface area contributed by atoms with E-state index in [2.05, 4.69) is 15.7 Å². The first-order valence-electron chi connectivity index (χ1n) is 11.6. The van der Waals surface area contributed by atoms with Crippen molar-refractivity contribution in [3.05, 3.63) is 106 Å². The molecule has 2 N–H and O–H groups in total. The molecule has 0 unspecified atom stereocenters. The number of hydrogen-bond acceptors (Lipinski definition) is 4. The second-order valence-corrected chi connectivity index (χ2v) is 8.98. The predicted octanol–water partition coefficient (Wildman–Crippen LogP) is 4.54. The van der Waals surface area contributed by atoms with E-state index in [9.17, 15) is 14.4 Å². The highest BCUT2D eigenvalue weighted by molar-refractivity contribution is 6.05. The van der Waals surface area contributed by atoms with Gasteiger partial charge < -0.3 is 10.6 Å². The van der Waals surface area contributed by atoms with Crippen molar-refractivity contribution in [2.75, 3.05) is 5.32 Å². The van der Waals surface area contributed by atoms with E-state index in [-0.39, 0.29) is 35.5 Å². The smallest absolute Gasteiger partial charge is 0.274 e. The second-order valence-electron chi connectivity index (χ2n) is 8.98. The second kappa shape index (κ2) is 10.3. The molecule has 4 aromatic rings. The summed E-state index contributed by atoms with van der Waals surface area (Å²) in [7, 11) is 0. The molecule has 0 aliphatic heterocycles. The van der Waals surface area contributed by atoms with E-state index in [0.717, 1.165) is 11.1 Å². The topological polar surface area (TPSA) is 93.1 Å². The largest absolute Gasteiger partial charge is 0.347 e. The maximum atomic E-state index is 13.1. The SMILES string of the molecule is Cc1ccc(C(=O)Nc2cccc(CNC(=O)c3nn(CC(C)C)c(=O)c4ccccc34)c2)cc1. The van der Waals surface area contributed by atoms with Gasteiger partial charge in [-0.1, -0.05) is 61.9 Å². The van der Waals surface area contributed by atoms with Crippen molar-refractivity contribution in [1.29, 1.82) is 0 Å². The van der Waals surface area contributed by atoms with Crippen LogP contribution in [-0.4, -0.2) is 21.6 Å². The van der Waals surface area contributed by atoms with E-state index >= 15 is 0 Å². The molecular formula is C28H28N4O3. The zero-order chi connectivity index (χ0) is 24.9. The van der Waals surface area contributed by atoms with Gasteiger partial charge in [0.15, 0.2) is 5.69 Å². The van der Waals surface area contributed by atoms with Gasteiger partial charge in [0.1, 0.15) is 0 Å². The summed E-state index contributed by atoms with van der Waals surface area (Å²) in [6, 6.07) is 21.7. The lowest BCUT2D eigenvalue weighted by Crippen LogP contribution is -2.31. The van der Waals surface area contributed by atoms with E-state index in [1.807, 2.05) is 51.1 Å². The van der Waals surface area contributed by atoms with Gasteiger partial charge in [-0.25, -0.2) is 4.68 Å². The molecule has 178 valence electrons. The number of aromatic nitrogens is 2. The Bertz CT molecular complexity index is 1440. The Hall–Kier alpha value is -4.26. The molecule has 1 heterocycles. The molecule has 7 heteroatoms. The lowest BCUT2D eigenvalue weighted by Gasteiger charge is -2.13. The van der Waals surface area contributed by atoms with Crippen LogP contribution < -0.4 is 16.2 Å². The van der Waals surface area contributed by atoms with Crippen molar-refractivity contribution in [3.63, 3.8) is 0 Å². The number of nitrogens with one attached hydrogen (secondary N) is 2. The number of benzene rings is 3. The number of anilines is 1. The lowest BCUT2D eigenvalue weighted by molar-refractivity contribution is 0.0944. The highest BCUT2D eigenvalue weighted by atomic mass is 16.2. The summed E-state index contributed by atoms with van der Waals surface area (Å²) in [5, 5.41) is 11.2. The fourth-order valence-electron chi connectivity index (χ4n) is 3.81. The van der Waals surface area contributed by atoms with Crippen LogP contribution in [0.2, 0.25) is 0 Å². The minimum absolute atomic E-state index is 0.200. The van der Waals surface area contributed by atoms with Crippen molar-refractivity contribution in [1.82, 2.24) is 15.1 Å². The molecule has 3 aromatic carbocycles. The average molecular weight is 469 g/mol. The number of carbonyl (C=O) groups is 2. The number of aryl methyl sites for hydroxylation is 1. The molecule has 0 fully saturated rings. The molecule has 1 aromatic heterocycles. The van der Waals surface area contributed by atoms with Crippen LogP contribution in [0.4, 0.5) is 5.69 Å². The molecule has 0 bridgehead atoms. The van der Waals surface area contributed by atoms with Gasteiger partial charge in [-0.3, -0.25) is 14.4 Å². The van der Waals surface area contributed by atoms with Crippen molar-refractivity contribution < 1.29 is 9.59 Å². The maximum absolute atomic E-state index is 13.1. The normalized spacial score (nSPS) is 11.0. The molecule has 0 atom stereocenters. The molecule has 0 radical (unpaired) electrons. The third-order valence-corrected chi connectivity index (χ3v) is 5.57. The Balaban J connectivity index is 1.51. The summed E-state index contributed by atoms with van der Waals surface area (Å²) >= 11 is 0. The summed E-state index contributed by atoms with van der Waals surface area (Å²) in [6.45, 7) is 6.62. The minimum Gasteiger partial charge on any atom is -0.347 e. The molecule has 0 saturated carbocycles. The number of amides is 2. The maximum Gasteiger partial charge on any atom is 0.274 e. The van der Waals surface area contributed by atoms with Crippen molar-refractivity contribution in [2.24, 2.45) is 5.92 Å². The van der Waals surface area contributed by atoms with Crippen molar-refractivity contribution in [3.8, 4) is 0 Å². The zero-order valence-corrected chi connectivity index (χ0v) is 20.0. The van der Waals surface area contributed by atoms with Crippen LogP contribution in [0.1, 0.15) is 45.8 Å². The van der Waals surface area contributed by atoms with E-state index < -0.39 is 0 Å². The van der Waals surface area contributed by atoms with Crippen molar-refractivity contribution in [2.45, 2.75) is 33.9 Å². The first-order valence-corrected chi connectivity index (χ1v) is 11.6. The molecule has 0 saturated heterocycles. The quantitative estimate of drug-likeness (QED) is 0.416. The first kappa shape index (κ1) is 23.9. The first-order chi connectivity index (χ1) is 16.8. The van der Waals surface area contributed by atoms with Crippen LogP contribution in [0.25, 0.3) is 10.8 Å². The van der Waals surface area contributed by atoms with E-state index in [1.54, 1.807) is 42.5 Å². The third kappa shape index (κ3) is 5.63. The van der Waals surface area contributed by atoms with Crippen LogP contribution >= 0.6 is 0 Å². The van der Waals surface area contributed by atoms with Gasteiger partial charge in [-0.05, 0) is 48.7 Å². The van der Waals surface area contributed by atoms with Gasteiger partial charge in [0.25, 0.3) is 17.4 Å². The molecule has 0 aliphatic rings. The van der Waals surface area contributed by atoms with Gasteiger partial charge >= 0.3 is 0 Å². The number of fused-ring (bicyclic) bond motifs is 1. The lowest BCUT2D eigenvalue weighted by atomic mass is 10.1. The van der Waals surface area contributed by atoms with E-state index in [0.29, 0.717) is 28.6 Å². The molecular weight excluding hydrogens is 440 g/mol. The fourth-order valence-corrected chi connectivity index (χ4v) is 3.81. The average Bonchev–Trinajstić information content (AvgIpc) is 2.84. The van der Waals surface area contributed by atoms with Gasteiger partial charge in [0, 0.05) is 29.7 Å². The van der Waals surface area contributed by atoms with E-state index in [4.69, 9.17) is 0 Å². The summed E-state index contributed by atoms with van der Waals surface area (Å²) in [6.07, 6.45) is 0. The van der Waals surface area contributed by atoms with Crippen molar-refractivity contribution >= 4 is 28.3 Å². The number of nitrogens with zero attached hydrogens (tertiary/aromatic N) is 2. The van der Waals surface area contributed by atoms with Crippen LogP contribution in [0.3, 0.4) is 0 Å². The fraction of sp³-hybridized carbons (Fsp3) is 0.214. The Kier molecular flexibility index (Phi) is 7.06. The van der Waals surface area contributed by atoms with Crippen LogP contribution in [-0.2, 0) is 13.1 Å². The summed E-state index contributed by atoms with van der Waals surface area (Å²) in [5.41, 5.74) is 3.12. The summed E-state index contributed by atoms with van der Waals surface area (Å²) in [5.74, 6) is -0.364. The summed E-state index contributed by atoms with van der Waals surface area (Å²) in [4.78, 5) is 38.4. The number of carbonyl (C=O) groups excluding carboxylic acids is 2. The Morgan fingerprint density at radius 1 is 0.914 bits per heavy atom. The number of hydrogen-bond donors (Lipinski definition) is 2. The van der Waals surface area contributed by atoms with Crippen LogP contribution in [0.15, 0.2) is 77.6 Å². The molecule has 7 nitrogen and oxygen atoms in total. The third-order valence-electron chi connectivity index (χ3n) is 5.57. The molecule has 35 heavy (non-hydrogen) atoms. The van der Waals surface area contributed by atoms with E-state index in [1.165, 1.54) is 4.68 Å². The molecule has 0 aliphatic carbocycles. The Morgan fingerprint density at radius 2 is 1.63 bits per heavy atom. The Labute approximate surface area is 203 Å².